The third-order valence-electron chi connectivity index (χ3n) is 2.64. The summed E-state index contributed by atoms with van der Waals surface area (Å²) in [5, 5.41) is 6.22. The maximum atomic E-state index is 11.8. The van der Waals surface area contributed by atoms with Crippen molar-refractivity contribution < 1.29 is 4.79 Å². The van der Waals surface area contributed by atoms with E-state index >= 15 is 0 Å². The number of anilines is 1. The zero-order valence-corrected chi connectivity index (χ0v) is 15.1. The maximum absolute atomic E-state index is 11.8. The third-order valence-corrected chi connectivity index (χ3v) is 3.83. The van der Waals surface area contributed by atoms with Crippen LogP contribution in [0.5, 0.6) is 0 Å². The van der Waals surface area contributed by atoms with Gasteiger partial charge in [0.25, 0.3) is 0 Å². The molecule has 0 aliphatic heterocycles. The monoisotopic (exact) mass is 442 g/mol. The molecule has 0 saturated heterocycles. The number of rotatable bonds is 3. The molecule has 0 heterocycles. The summed E-state index contributed by atoms with van der Waals surface area (Å²) in [4.78, 5) is 11.8. The molecule has 2 rings (SSSR count). The first kappa shape index (κ1) is 16.9. The largest absolute Gasteiger partial charge is 0.331 e. The van der Waals surface area contributed by atoms with Crippen molar-refractivity contribution in [2.75, 3.05) is 5.32 Å². The van der Waals surface area contributed by atoms with E-state index in [2.05, 4.69) is 33.2 Å². The Hall–Kier alpha value is -1.44. The average molecular weight is 443 g/mol. The number of hydrogen-bond donors (Lipinski definition) is 2. The van der Waals surface area contributed by atoms with Gasteiger partial charge in [0.05, 0.1) is 10.7 Å². The Kier molecular flexibility index (Phi) is 6.35. The second-order valence-electron chi connectivity index (χ2n) is 4.31. The molecule has 0 atom stereocenters. The van der Waals surface area contributed by atoms with Crippen molar-refractivity contribution in [1.82, 2.24) is 5.32 Å². The molecule has 2 aromatic carbocycles. The van der Waals surface area contributed by atoms with Crippen LogP contribution in [0, 0.1) is 3.57 Å². The number of carbonyl (C=O) groups is 1. The highest BCUT2D eigenvalue weighted by atomic mass is 127. The molecule has 0 bridgehead atoms. The Balaban J connectivity index is 1.91. The van der Waals surface area contributed by atoms with Crippen molar-refractivity contribution in [1.29, 1.82) is 0 Å². The van der Waals surface area contributed by atoms with Gasteiger partial charge in [0.1, 0.15) is 0 Å². The fraction of sp³-hybridized carbons (Fsp3) is 0. The van der Waals surface area contributed by atoms with Crippen LogP contribution in [0.25, 0.3) is 6.08 Å². The zero-order valence-electron chi connectivity index (χ0n) is 11.3. The second kappa shape index (κ2) is 8.26. The molecule has 0 unspecified atom stereocenters. The number of carbonyl (C=O) groups excluding carboxylic acids is 1. The van der Waals surface area contributed by atoms with E-state index in [9.17, 15) is 4.79 Å². The summed E-state index contributed by atoms with van der Waals surface area (Å²) in [6.07, 6.45) is 3.15. The molecule has 0 fully saturated rings. The van der Waals surface area contributed by atoms with Gasteiger partial charge in [-0.15, -0.1) is 0 Å². The van der Waals surface area contributed by atoms with Crippen LogP contribution >= 0.6 is 46.4 Å². The van der Waals surface area contributed by atoms with Gasteiger partial charge in [-0.25, -0.2) is 0 Å². The number of thiocarbonyl (C=S) groups is 1. The predicted octanol–water partition coefficient (Wildman–Crippen LogP) is 4.47. The maximum Gasteiger partial charge on any atom is 0.250 e. The van der Waals surface area contributed by atoms with Crippen molar-refractivity contribution in [3.63, 3.8) is 0 Å². The van der Waals surface area contributed by atoms with Gasteiger partial charge >= 0.3 is 0 Å². The molecule has 3 nitrogen and oxygen atoms in total. The summed E-state index contributed by atoms with van der Waals surface area (Å²) in [7, 11) is 0. The topological polar surface area (TPSA) is 41.1 Å². The molecule has 0 aromatic heterocycles. The van der Waals surface area contributed by atoms with Crippen LogP contribution in [-0.2, 0) is 4.79 Å². The van der Waals surface area contributed by atoms with E-state index in [4.69, 9.17) is 23.8 Å². The predicted molar refractivity (Wildman–Crippen MR) is 104 cm³/mol. The van der Waals surface area contributed by atoms with Crippen molar-refractivity contribution in [2.45, 2.75) is 0 Å². The fourth-order valence-corrected chi connectivity index (χ4v) is 2.75. The van der Waals surface area contributed by atoms with E-state index in [1.165, 1.54) is 6.08 Å². The van der Waals surface area contributed by atoms with Gasteiger partial charge in [0, 0.05) is 9.65 Å². The first-order valence-corrected chi connectivity index (χ1v) is 8.21. The van der Waals surface area contributed by atoms with Crippen LogP contribution < -0.4 is 10.6 Å². The minimum Gasteiger partial charge on any atom is -0.331 e. The molecule has 0 spiro atoms. The number of amides is 1. The van der Waals surface area contributed by atoms with Gasteiger partial charge in [-0.3, -0.25) is 10.1 Å². The van der Waals surface area contributed by atoms with Crippen LogP contribution in [0.3, 0.4) is 0 Å². The molecule has 0 radical (unpaired) electrons. The van der Waals surface area contributed by atoms with Crippen molar-refractivity contribution in [3.8, 4) is 0 Å². The summed E-state index contributed by atoms with van der Waals surface area (Å²) in [6, 6.07) is 15.1. The molecule has 2 aromatic rings. The molecule has 0 aliphatic carbocycles. The molecular formula is C16H12ClIN2OS. The number of halogens is 2. The molecule has 0 aliphatic rings. The van der Waals surface area contributed by atoms with Gasteiger partial charge in [-0.05, 0) is 64.6 Å². The van der Waals surface area contributed by atoms with E-state index in [0.29, 0.717) is 10.7 Å². The highest BCUT2D eigenvalue weighted by Crippen LogP contribution is 2.23. The average Bonchev–Trinajstić information content (AvgIpc) is 2.49. The summed E-state index contributed by atoms with van der Waals surface area (Å²) < 4.78 is 1.02. The normalized spacial score (nSPS) is 10.5. The quantitative estimate of drug-likeness (QED) is 0.419. The first-order chi connectivity index (χ1) is 10.5. The van der Waals surface area contributed by atoms with E-state index in [1.54, 1.807) is 6.08 Å². The van der Waals surface area contributed by atoms with E-state index in [-0.39, 0.29) is 11.0 Å². The Labute approximate surface area is 152 Å². The number of hydrogen-bond acceptors (Lipinski definition) is 2. The lowest BCUT2D eigenvalue weighted by Crippen LogP contribution is -2.32. The van der Waals surface area contributed by atoms with Crippen LogP contribution in [0.1, 0.15) is 5.56 Å². The summed E-state index contributed by atoms with van der Waals surface area (Å²) in [6.45, 7) is 0. The van der Waals surface area contributed by atoms with Crippen LogP contribution in [0.15, 0.2) is 54.6 Å². The van der Waals surface area contributed by atoms with Crippen LogP contribution in [-0.4, -0.2) is 11.0 Å². The van der Waals surface area contributed by atoms with Gasteiger partial charge in [-0.2, -0.15) is 0 Å². The lowest BCUT2D eigenvalue weighted by Gasteiger charge is -2.09. The SMILES string of the molecule is O=C(/C=C/c1ccccc1)NC(=S)Nc1ccc(I)cc1Cl. The van der Waals surface area contributed by atoms with Gasteiger partial charge in [0.15, 0.2) is 5.11 Å². The Morgan fingerprint density at radius 1 is 1.18 bits per heavy atom. The fourth-order valence-electron chi connectivity index (χ4n) is 1.63. The molecular weight excluding hydrogens is 431 g/mol. The van der Waals surface area contributed by atoms with Crippen molar-refractivity contribution >= 4 is 69.2 Å². The summed E-state index contributed by atoms with van der Waals surface area (Å²) >= 11 is 13.4. The Morgan fingerprint density at radius 2 is 1.91 bits per heavy atom. The highest BCUT2D eigenvalue weighted by Gasteiger charge is 2.05. The lowest BCUT2D eigenvalue weighted by atomic mass is 10.2. The molecule has 2 N–H and O–H groups in total. The Morgan fingerprint density at radius 3 is 2.59 bits per heavy atom. The van der Waals surface area contributed by atoms with Gasteiger partial charge in [-0.1, -0.05) is 41.9 Å². The molecule has 6 heteroatoms. The molecule has 0 saturated carbocycles. The molecule has 1 amide bonds. The van der Waals surface area contributed by atoms with Crippen LogP contribution in [0.4, 0.5) is 5.69 Å². The number of benzene rings is 2. The smallest absolute Gasteiger partial charge is 0.250 e. The third kappa shape index (κ3) is 5.40. The zero-order chi connectivity index (χ0) is 15.9. The highest BCUT2D eigenvalue weighted by molar-refractivity contribution is 14.1. The molecule has 22 heavy (non-hydrogen) atoms. The minimum absolute atomic E-state index is 0.200. The van der Waals surface area contributed by atoms with E-state index < -0.39 is 0 Å². The Bertz CT molecular complexity index is 719. The van der Waals surface area contributed by atoms with Gasteiger partial charge < -0.3 is 5.32 Å². The first-order valence-electron chi connectivity index (χ1n) is 6.35. The van der Waals surface area contributed by atoms with Gasteiger partial charge in [0.2, 0.25) is 5.91 Å². The van der Waals surface area contributed by atoms with Crippen LogP contribution in [0.2, 0.25) is 5.02 Å². The van der Waals surface area contributed by atoms with Crippen molar-refractivity contribution in [3.05, 3.63) is 68.8 Å². The molecule has 112 valence electrons. The second-order valence-corrected chi connectivity index (χ2v) is 6.37. The summed E-state index contributed by atoms with van der Waals surface area (Å²) in [5.41, 5.74) is 1.59. The van der Waals surface area contributed by atoms with Crippen molar-refractivity contribution in [2.24, 2.45) is 0 Å². The number of nitrogens with one attached hydrogen (secondary N) is 2. The van der Waals surface area contributed by atoms with E-state index in [1.807, 2.05) is 48.5 Å². The van der Waals surface area contributed by atoms with E-state index in [0.717, 1.165) is 9.13 Å². The standard InChI is InChI=1S/C16H12ClIN2OS/c17-13-10-12(18)7-8-14(13)19-16(22)20-15(21)9-6-11-4-2-1-3-5-11/h1-10H,(H2,19,20,21,22)/b9-6+. The minimum atomic E-state index is -0.303. The lowest BCUT2D eigenvalue weighted by molar-refractivity contribution is -0.115. The summed E-state index contributed by atoms with van der Waals surface area (Å²) in [5.74, 6) is -0.303.